The molecule has 0 spiro atoms. The van der Waals surface area contributed by atoms with E-state index in [9.17, 15) is 8.42 Å². The third-order valence-corrected chi connectivity index (χ3v) is 5.15. The number of nitrogens with zero attached hydrogens (tertiary/aromatic N) is 1. The predicted octanol–water partition coefficient (Wildman–Crippen LogP) is 1.50. The largest absolute Gasteiger partial charge is 0.315 e. The van der Waals surface area contributed by atoms with Gasteiger partial charge in [0, 0.05) is 30.4 Å². The summed E-state index contributed by atoms with van der Waals surface area (Å²) in [6.07, 6.45) is 0.823. The Balaban J connectivity index is 2.89. The molecule has 6 heteroatoms. The highest BCUT2D eigenvalue weighted by Gasteiger charge is 2.21. The number of nitrogens with one attached hydrogen (secondary N) is 1. The molecule has 0 radical (unpaired) electrons. The van der Waals surface area contributed by atoms with Gasteiger partial charge in [0.2, 0.25) is 10.0 Å². The molecular weight excluding hydrogens is 244 g/mol. The molecule has 0 atom stereocenters. The molecule has 4 nitrogen and oxygen atoms in total. The molecule has 0 unspecified atom stereocenters. The number of rotatable bonds is 6. The molecule has 16 heavy (non-hydrogen) atoms. The van der Waals surface area contributed by atoms with Gasteiger partial charge < -0.3 is 5.32 Å². The SMILES string of the molecule is CCCN(C)S(=O)(=O)c1csc(CNC)c1. The minimum atomic E-state index is -3.28. The third-order valence-electron chi connectivity index (χ3n) is 2.23. The highest BCUT2D eigenvalue weighted by atomic mass is 32.2. The maximum absolute atomic E-state index is 12.1. The minimum Gasteiger partial charge on any atom is -0.315 e. The van der Waals surface area contributed by atoms with Crippen LogP contribution in [0, 0.1) is 0 Å². The van der Waals surface area contributed by atoms with Gasteiger partial charge >= 0.3 is 0 Å². The van der Waals surface area contributed by atoms with E-state index in [1.165, 1.54) is 15.6 Å². The summed E-state index contributed by atoms with van der Waals surface area (Å²) in [6, 6.07) is 1.74. The second-order valence-electron chi connectivity index (χ2n) is 3.61. The molecule has 1 rings (SSSR count). The molecule has 1 heterocycles. The first-order chi connectivity index (χ1) is 7.52. The van der Waals surface area contributed by atoms with Gasteiger partial charge in [0.1, 0.15) is 0 Å². The fraction of sp³-hybridized carbons (Fsp3) is 0.600. The average Bonchev–Trinajstić information content (AvgIpc) is 2.68. The van der Waals surface area contributed by atoms with E-state index in [0.717, 1.165) is 11.3 Å². The zero-order chi connectivity index (χ0) is 12.2. The van der Waals surface area contributed by atoms with Gasteiger partial charge in [0.05, 0.1) is 4.90 Å². The second kappa shape index (κ2) is 5.77. The van der Waals surface area contributed by atoms with Gasteiger partial charge in [-0.1, -0.05) is 6.92 Å². The van der Waals surface area contributed by atoms with Crippen LogP contribution >= 0.6 is 11.3 Å². The van der Waals surface area contributed by atoms with Crippen LogP contribution in [-0.2, 0) is 16.6 Å². The number of thiophene rings is 1. The van der Waals surface area contributed by atoms with Crippen LogP contribution in [0.5, 0.6) is 0 Å². The van der Waals surface area contributed by atoms with Crippen molar-refractivity contribution in [1.82, 2.24) is 9.62 Å². The van der Waals surface area contributed by atoms with Gasteiger partial charge in [-0.05, 0) is 19.5 Å². The second-order valence-corrected chi connectivity index (χ2v) is 6.65. The zero-order valence-corrected chi connectivity index (χ0v) is 11.5. The number of hydrogen-bond acceptors (Lipinski definition) is 4. The number of hydrogen-bond donors (Lipinski definition) is 1. The lowest BCUT2D eigenvalue weighted by Gasteiger charge is -2.14. The van der Waals surface area contributed by atoms with Crippen molar-refractivity contribution in [1.29, 1.82) is 0 Å². The monoisotopic (exact) mass is 262 g/mol. The van der Waals surface area contributed by atoms with E-state index >= 15 is 0 Å². The summed E-state index contributed by atoms with van der Waals surface area (Å²) in [4.78, 5) is 1.43. The molecule has 0 bridgehead atoms. The van der Waals surface area contributed by atoms with Crippen molar-refractivity contribution in [2.75, 3.05) is 20.6 Å². The van der Waals surface area contributed by atoms with Gasteiger partial charge in [0.15, 0.2) is 0 Å². The van der Waals surface area contributed by atoms with Crippen LogP contribution in [0.3, 0.4) is 0 Å². The Morgan fingerprint density at radius 1 is 1.50 bits per heavy atom. The topological polar surface area (TPSA) is 49.4 Å². The Hall–Kier alpha value is -0.430. The maximum Gasteiger partial charge on any atom is 0.243 e. The standard InChI is InChI=1S/C10H18N2O2S2/c1-4-5-12(3)16(13,14)10-6-9(7-11-2)15-8-10/h6,8,11H,4-5,7H2,1-3H3. The first-order valence-corrected chi connectivity index (χ1v) is 7.52. The third kappa shape index (κ3) is 3.04. The fourth-order valence-electron chi connectivity index (χ4n) is 1.38. The lowest BCUT2D eigenvalue weighted by Crippen LogP contribution is -2.27. The van der Waals surface area contributed by atoms with Gasteiger partial charge in [0.25, 0.3) is 0 Å². The Labute approximate surface area is 101 Å². The van der Waals surface area contributed by atoms with Crippen LogP contribution in [-0.4, -0.2) is 33.4 Å². The molecule has 0 saturated heterocycles. The predicted molar refractivity (Wildman–Crippen MR) is 67.2 cm³/mol. The van der Waals surface area contributed by atoms with Crippen molar-refractivity contribution in [3.63, 3.8) is 0 Å². The van der Waals surface area contributed by atoms with E-state index in [1.54, 1.807) is 18.5 Å². The van der Waals surface area contributed by atoms with Crippen molar-refractivity contribution in [2.45, 2.75) is 24.8 Å². The first kappa shape index (κ1) is 13.6. The van der Waals surface area contributed by atoms with Gasteiger partial charge in [-0.3, -0.25) is 0 Å². The lowest BCUT2D eigenvalue weighted by molar-refractivity contribution is 0.468. The van der Waals surface area contributed by atoms with Crippen LogP contribution in [0.2, 0.25) is 0 Å². The Morgan fingerprint density at radius 3 is 2.75 bits per heavy atom. The molecule has 92 valence electrons. The Bertz CT molecular complexity index is 426. The summed E-state index contributed by atoms with van der Waals surface area (Å²) >= 11 is 1.47. The van der Waals surface area contributed by atoms with E-state index in [4.69, 9.17) is 0 Å². The van der Waals surface area contributed by atoms with E-state index in [-0.39, 0.29) is 0 Å². The summed E-state index contributed by atoms with van der Waals surface area (Å²) in [5.74, 6) is 0. The molecule has 0 fully saturated rings. The molecule has 1 aromatic rings. The highest BCUT2D eigenvalue weighted by molar-refractivity contribution is 7.89. The molecular formula is C10H18N2O2S2. The highest BCUT2D eigenvalue weighted by Crippen LogP contribution is 2.21. The number of sulfonamides is 1. The van der Waals surface area contributed by atoms with Crippen molar-refractivity contribution in [3.8, 4) is 0 Å². The first-order valence-electron chi connectivity index (χ1n) is 5.20. The molecule has 1 aromatic heterocycles. The lowest BCUT2D eigenvalue weighted by atomic mass is 10.5. The Morgan fingerprint density at radius 2 is 2.19 bits per heavy atom. The van der Waals surface area contributed by atoms with E-state index in [1.807, 2.05) is 14.0 Å². The van der Waals surface area contributed by atoms with Crippen LogP contribution in [0.4, 0.5) is 0 Å². The molecule has 1 N–H and O–H groups in total. The van der Waals surface area contributed by atoms with Gasteiger partial charge in [-0.15, -0.1) is 11.3 Å². The molecule has 0 aliphatic rings. The maximum atomic E-state index is 12.1. The van der Waals surface area contributed by atoms with Crippen LogP contribution in [0.15, 0.2) is 16.3 Å². The summed E-state index contributed by atoms with van der Waals surface area (Å²) < 4.78 is 25.5. The van der Waals surface area contributed by atoms with Crippen molar-refractivity contribution in [3.05, 3.63) is 16.3 Å². The van der Waals surface area contributed by atoms with E-state index < -0.39 is 10.0 Å². The quantitative estimate of drug-likeness (QED) is 0.845. The van der Waals surface area contributed by atoms with Crippen LogP contribution < -0.4 is 5.32 Å². The van der Waals surface area contributed by atoms with Crippen molar-refractivity contribution in [2.24, 2.45) is 0 Å². The molecule has 0 saturated carbocycles. The smallest absolute Gasteiger partial charge is 0.243 e. The van der Waals surface area contributed by atoms with Crippen LogP contribution in [0.25, 0.3) is 0 Å². The van der Waals surface area contributed by atoms with Crippen molar-refractivity contribution < 1.29 is 8.42 Å². The summed E-state index contributed by atoms with van der Waals surface area (Å²) in [6.45, 7) is 3.23. The normalized spacial score (nSPS) is 12.2. The zero-order valence-electron chi connectivity index (χ0n) is 9.86. The summed E-state index contributed by atoms with van der Waals surface area (Å²) in [5.41, 5.74) is 0. The van der Waals surface area contributed by atoms with Gasteiger partial charge in [-0.25, -0.2) is 12.7 Å². The molecule has 0 aliphatic heterocycles. The minimum absolute atomic E-state index is 0.402. The van der Waals surface area contributed by atoms with E-state index in [2.05, 4.69) is 5.32 Å². The summed E-state index contributed by atoms with van der Waals surface area (Å²) in [7, 11) is 0.181. The van der Waals surface area contributed by atoms with E-state index in [0.29, 0.717) is 18.0 Å². The van der Waals surface area contributed by atoms with Crippen molar-refractivity contribution >= 4 is 21.4 Å². The average molecular weight is 262 g/mol. The molecule has 0 aromatic carbocycles. The van der Waals surface area contributed by atoms with Crippen LogP contribution in [0.1, 0.15) is 18.2 Å². The molecule has 0 amide bonds. The van der Waals surface area contributed by atoms with Gasteiger partial charge in [-0.2, -0.15) is 0 Å². The molecule has 0 aliphatic carbocycles. The fourth-order valence-corrected chi connectivity index (χ4v) is 3.92. The summed E-state index contributed by atoms with van der Waals surface area (Å²) in [5, 5.41) is 4.71. The Kier molecular flexibility index (Phi) is 4.91.